The third-order valence-electron chi connectivity index (χ3n) is 2.59. The minimum atomic E-state index is -0.958. The van der Waals surface area contributed by atoms with Crippen LogP contribution in [0.3, 0.4) is 0 Å². The predicted octanol–water partition coefficient (Wildman–Crippen LogP) is 3.91. The lowest BCUT2D eigenvalue weighted by Gasteiger charge is -2.12. The fourth-order valence-corrected chi connectivity index (χ4v) is 1.95. The molecule has 0 aromatic heterocycles. The summed E-state index contributed by atoms with van der Waals surface area (Å²) in [4.78, 5) is 0. The fourth-order valence-electron chi connectivity index (χ4n) is 1.69. The van der Waals surface area contributed by atoms with Crippen molar-refractivity contribution in [1.82, 2.24) is 0 Å². The third-order valence-corrected chi connectivity index (χ3v) is 2.94. The molecule has 0 aliphatic carbocycles. The summed E-state index contributed by atoms with van der Waals surface area (Å²) in [5.41, 5.74) is 6.26. The largest absolute Gasteiger partial charge is 0.457 e. The Kier molecular flexibility index (Phi) is 4.35. The van der Waals surface area contributed by atoms with Gasteiger partial charge >= 0.3 is 0 Å². The smallest absolute Gasteiger partial charge is 0.162 e. The summed E-state index contributed by atoms with van der Waals surface area (Å²) in [5.74, 6) is -1.18. The molecule has 19 heavy (non-hydrogen) atoms. The second-order valence-electron chi connectivity index (χ2n) is 3.93. The first-order valence-electron chi connectivity index (χ1n) is 5.72. The van der Waals surface area contributed by atoms with Crippen LogP contribution in [-0.2, 0) is 6.42 Å². The molecule has 0 spiro atoms. The number of benzene rings is 2. The molecule has 0 amide bonds. The number of halogens is 3. The molecule has 0 aliphatic heterocycles. The first-order valence-corrected chi connectivity index (χ1v) is 6.10. The highest BCUT2D eigenvalue weighted by molar-refractivity contribution is 6.31. The van der Waals surface area contributed by atoms with Crippen LogP contribution in [0.4, 0.5) is 8.78 Å². The molecular weight excluding hydrogens is 272 g/mol. The topological polar surface area (TPSA) is 35.2 Å². The van der Waals surface area contributed by atoms with E-state index in [-0.39, 0.29) is 5.75 Å². The van der Waals surface area contributed by atoms with Gasteiger partial charge in [-0.3, -0.25) is 0 Å². The van der Waals surface area contributed by atoms with E-state index in [4.69, 9.17) is 22.1 Å². The quantitative estimate of drug-likeness (QED) is 0.923. The maximum atomic E-state index is 13.1. The standard InChI is InChI=1S/C14H12ClF2NO/c15-11-2-1-3-14(10(11)6-7-18)19-9-4-5-12(16)13(17)8-9/h1-5,8H,6-7,18H2. The van der Waals surface area contributed by atoms with E-state index < -0.39 is 11.6 Å². The maximum absolute atomic E-state index is 13.1. The van der Waals surface area contributed by atoms with Crippen molar-refractivity contribution in [3.05, 3.63) is 58.6 Å². The van der Waals surface area contributed by atoms with Gasteiger partial charge in [0, 0.05) is 16.7 Å². The first-order chi connectivity index (χ1) is 9.11. The fraction of sp³-hybridized carbons (Fsp3) is 0.143. The van der Waals surface area contributed by atoms with Gasteiger partial charge in [0.1, 0.15) is 11.5 Å². The van der Waals surface area contributed by atoms with Crippen molar-refractivity contribution < 1.29 is 13.5 Å². The predicted molar refractivity (Wildman–Crippen MR) is 70.6 cm³/mol. The van der Waals surface area contributed by atoms with E-state index in [1.165, 1.54) is 6.07 Å². The van der Waals surface area contributed by atoms with Crippen molar-refractivity contribution in [2.24, 2.45) is 5.73 Å². The number of rotatable bonds is 4. The van der Waals surface area contributed by atoms with Gasteiger partial charge in [-0.05, 0) is 37.2 Å². The highest BCUT2D eigenvalue weighted by atomic mass is 35.5. The van der Waals surface area contributed by atoms with Gasteiger partial charge in [0.15, 0.2) is 11.6 Å². The molecule has 0 saturated heterocycles. The average Bonchev–Trinajstić information content (AvgIpc) is 2.38. The van der Waals surface area contributed by atoms with Crippen LogP contribution >= 0.6 is 11.6 Å². The highest BCUT2D eigenvalue weighted by Gasteiger charge is 2.10. The van der Waals surface area contributed by atoms with E-state index in [0.717, 1.165) is 17.7 Å². The van der Waals surface area contributed by atoms with Crippen LogP contribution in [0, 0.1) is 11.6 Å². The zero-order valence-electron chi connectivity index (χ0n) is 10.00. The van der Waals surface area contributed by atoms with E-state index in [1.54, 1.807) is 18.2 Å². The van der Waals surface area contributed by atoms with Crippen molar-refractivity contribution in [2.45, 2.75) is 6.42 Å². The van der Waals surface area contributed by atoms with Crippen molar-refractivity contribution >= 4 is 11.6 Å². The number of ether oxygens (including phenoxy) is 1. The Labute approximate surface area is 114 Å². The van der Waals surface area contributed by atoms with E-state index in [0.29, 0.717) is 23.7 Å². The van der Waals surface area contributed by atoms with Gasteiger partial charge in [0.2, 0.25) is 0 Å². The van der Waals surface area contributed by atoms with Crippen molar-refractivity contribution in [2.75, 3.05) is 6.54 Å². The lowest BCUT2D eigenvalue weighted by molar-refractivity contribution is 0.457. The third kappa shape index (κ3) is 3.22. The molecule has 100 valence electrons. The number of nitrogens with two attached hydrogens (primary N) is 1. The summed E-state index contributed by atoms with van der Waals surface area (Å²) in [6.07, 6.45) is 0.540. The van der Waals surface area contributed by atoms with E-state index in [2.05, 4.69) is 0 Å². The van der Waals surface area contributed by atoms with Gasteiger partial charge < -0.3 is 10.5 Å². The minimum absolute atomic E-state index is 0.208. The Balaban J connectivity index is 2.32. The van der Waals surface area contributed by atoms with Gasteiger partial charge in [-0.25, -0.2) is 8.78 Å². The number of hydrogen-bond acceptors (Lipinski definition) is 2. The number of hydrogen-bond donors (Lipinski definition) is 1. The summed E-state index contributed by atoms with van der Waals surface area (Å²) < 4.78 is 31.5. The van der Waals surface area contributed by atoms with E-state index >= 15 is 0 Å². The average molecular weight is 284 g/mol. The van der Waals surface area contributed by atoms with E-state index in [1.807, 2.05) is 0 Å². The molecule has 5 heteroatoms. The highest BCUT2D eigenvalue weighted by Crippen LogP contribution is 2.31. The molecule has 2 nitrogen and oxygen atoms in total. The molecule has 0 aliphatic rings. The van der Waals surface area contributed by atoms with E-state index in [9.17, 15) is 8.78 Å². The Morgan fingerprint density at radius 2 is 1.89 bits per heavy atom. The van der Waals surface area contributed by atoms with Crippen LogP contribution in [0.1, 0.15) is 5.56 Å². The maximum Gasteiger partial charge on any atom is 0.162 e. The molecule has 0 fully saturated rings. The Bertz CT molecular complexity index is 590. The lowest BCUT2D eigenvalue weighted by atomic mass is 10.1. The molecule has 2 rings (SSSR count). The molecule has 2 aromatic carbocycles. The summed E-state index contributed by atoms with van der Waals surface area (Å²) in [6, 6.07) is 8.51. The zero-order valence-corrected chi connectivity index (χ0v) is 10.8. The first kappa shape index (κ1) is 13.8. The summed E-state index contributed by atoms with van der Waals surface area (Å²) in [6.45, 7) is 0.415. The normalized spacial score (nSPS) is 10.5. The molecule has 0 bridgehead atoms. The second-order valence-corrected chi connectivity index (χ2v) is 4.34. The molecule has 0 unspecified atom stereocenters. The molecule has 2 N–H and O–H groups in total. The summed E-state index contributed by atoms with van der Waals surface area (Å²) >= 11 is 6.06. The second kappa shape index (κ2) is 5.99. The van der Waals surface area contributed by atoms with Crippen LogP contribution in [0.15, 0.2) is 36.4 Å². The van der Waals surface area contributed by atoms with Crippen molar-refractivity contribution in [3.8, 4) is 11.5 Å². The van der Waals surface area contributed by atoms with Crippen LogP contribution in [0.2, 0.25) is 5.02 Å². The zero-order chi connectivity index (χ0) is 13.8. The monoisotopic (exact) mass is 283 g/mol. The molecule has 0 radical (unpaired) electrons. The Hall–Kier alpha value is -1.65. The van der Waals surface area contributed by atoms with Crippen LogP contribution in [0.25, 0.3) is 0 Å². The molecule has 0 heterocycles. The van der Waals surface area contributed by atoms with Gasteiger partial charge in [0.25, 0.3) is 0 Å². The van der Waals surface area contributed by atoms with Gasteiger partial charge in [-0.15, -0.1) is 0 Å². The SMILES string of the molecule is NCCc1c(Cl)cccc1Oc1ccc(F)c(F)c1. The lowest BCUT2D eigenvalue weighted by Crippen LogP contribution is -2.04. The van der Waals surface area contributed by atoms with Crippen molar-refractivity contribution in [3.63, 3.8) is 0 Å². The minimum Gasteiger partial charge on any atom is -0.457 e. The van der Waals surface area contributed by atoms with Crippen LogP contribution in [-0.4, -0.2) is 6.54 Å². The molecule has 0 saturated carbocycles. The van der Waals surface area contributed by atoms with Crippen LogP contribution in [0.5, 0.6) is 11.5 Å². The molecular formula is C14H12ClF2NO. The van der Waals surface area contributed by atoms with Gasteiger partial charge in [0.05, 0.1) is 0 Å². The Morgan fingerprint density at radius 3 is 2.58 bits per heavy atom. The van der Waals surface area contributed by atoms with Gasteiger partial charge in [-0.1, -0.05) is 17.7 Å². The van der Waals surface area contributed by atoms with Gasteiger partial charge in [-0.2, -0.15) is 0 Å². The molecule has 0 atom stereocenters. The van der Waals surface area contributed by atoms with Crippen molar-refractivity contribution in [1.29, 1.82) is 0 Å². The Morgan fingerprint density at radius 1 is 1.11 bits per heavy atom. The molecule has 2 aromatic rings. The summed E-state index contributed by atoms with van der Waals surface area (Å²) in [5, 5.41) is 0.533. The summed E-state index contributed by atoms with van der Waals surface area (Å²) in [7, 11) is 0. The van der Waals surface area contributed by atoms with Crippen LogP contribution < -0.4 is 10.5 Å².